The summed E-state index contributed by atoms with van der Waals surface area (Å²) >= 11 is 0. The van der Waals surface area contributed by atoms with Crippen LogP contribution in [0.2, 0.25) is 0 Å². The molecule has 54 valence electrons. The van der Waals surface area contributed by atoms with Crippen LogP contribution in [0, 0.1) is 12.8 Å². The van der Waals surface area contributed by atoms with Crippen LogP contribution < -0.4 is 0 Å². The molecule has 0 aromatic carbocycles. The summed E-state index contributed by atoms with van der Waals surface area (Å²) in [5, 5.41) is 0. The van der Waals surface area contributed by atoms with Crippen LogP contribution in [0.4, 0.5) is 0 Å². The van der Waals surface area contributed by atoms with E-state index in [1.807, 2.05) is 0 Å². The maximum absolute atomic E-state index is 4.85. The van der Waals surface area contributed by atoms with Crippen molar-refractivity contribution >= 4 is 0 Å². The van der Waals surface area contributed by atoms with Gasteiger partial charge in [-0.1, -0.05) is 14.4 Å². The van der Waals surface area contributed by atoms with Crippen molar-refractivity contribution in [2.75, 3.05) is 13.7 Å². The van der Waals surface area contributed by atoms with Crippen LogP contribution in [0.1, 0.15) is 20.8 Å². The zero-order chi connectivity index (χ0) is 5.70. The van der Waals surface area contributed by atoms with Crippen molar-refractivity contribution in [3.63, 3.8) is 0 Å². The van der Waals surface area contributed by atoms with Crippen LogP contribution >= 0.6 is 0 Å². The van der Waals surface area contributed by atoms with E-state index in [9.17, 15) is 0 Å². The number of hydrogen-bond donors (Lipinski definition) is 0. The first kappa shape index (κ1) is 15.7. The van der Waals surface area contributed by atoms with Crippen LogP contribution in [0.3, 0.4) is 0 Å². The molecule has 0 fully saturated rings. The molecular formula is C7H17ORf-. The van der Waals surface area contributed by atoms with Gasteiger partial charge in [-0.05, 0) is 5.92 Å². The number of rotatable bonds is 3. The molecule has 2 heteroatoms. The van der Waals surface area contributed by atoms with E-state index >= 15 is 0 Å². The van der Waals surface area contributed by atoms with Gasteiger partial charge in [0.2, 0.25) is 0 Å². The van der Waals surface area contributed by atoms with E-state index in [0.717, 1.165) is 13.0 Å². The standard InChI is InChI=1S/C6H13O.CH4.Rf/c1-4-6(2)5-7-3;;/h6H,1,4-5H2,2-3H3;1H4;/q-1;;. The Morgan fingerprint density at radius 2 is 2.00 bits per heavy atom. The van der Waals surface area contributed by atoms with Crippen LogP contribution in [0.5, 0.6) is 0 Å². The molecule has 0 amide bonds. The molecule has 1 atom stereocenters. The van der Waals surface area contributed by atoms with Gasteiger partial charge in [-0.25, -0.2) is 0 Å². The smallest absolute Gasteiger partial charge is 0.0463 e. The largest absolute Gasteiger partial charge is 0.385 e. The summed E-state index contributed by atoms with van der Waals surface area (Å²) in [5.74, 6) is 0.616. The van der Waals surface area contributed by atoms with Crippen LogP contribution in [-0.2, 0) is 4.74 Å². The molecule has 0 rings (SSSR count). The molecule has 0 aromatic heterocycles. The maximum atomic E-state index is 4.85. The Balaban J connectivity index is -0.000000180. The van der Waals surface area contributed by atoms with Gasteiger partial charge in [-0.3, -0.25) is 0 Å². The van der Waals surface area contributed by atoms with E-state index in [1.165, 1.54) is 0 Å². The van der Waals surface area contributed by atoms with Gasteiger partial charge in [0.05, 0.1) is 0 Å². The summed E-state index contributed by atoms with van der Waals surface area (Å²) in [5.41, 5.74) is 0. The van der Waals surface area contributed by atoms with Crippen molar-refractivity contribution in [1.29, 1.82) is 0 Å². The van der Waals surface area contributed by atoms with E-state index in [0.29, 0.717) is 5.92 Å². The minimum atomic E-state index is 0. The fraction of sp³-hybridized carbons (Fsp3) is 0.857. The quantitative estimate of drug-likeness (QED) is 0.678. The van der Waals surface area contributed by atoms with Crippen molar-refractivity contribution in [1.82, 2.24) is 0 Å². The van der Waals surface area contributed by atoms with Crippen molar-refractivity contribution in [3.05, 3.63) is 6.92 Å². The van der Waals surface area contributed by atoms with E-state index in [2.05, 4.69) is 13.8 Å². The summed E-state index contributed by atoms with van der Waals surface area (Å²) in [4.78, 5) is 0. The zero-order valence-electron chi connectivity index (χ0n) is 5.81. The Morgan fingerprint density at radius 1 is 1.56 bits per heavy atom. The topological polar surface area (TPSA) is 9.23 Å². The van der Waals surface area contributed by atoms with E-state index in [4.69, 9.17) is 4.74 Å². The van der Waals surface area contributed by atoms with Gasteiger partial charge in [-0.15, -0.1) is 0 Å². The van der Waals surface area contributed by atoms with Gasteiger partial charge in [-0.2, -0.15) is 6.42 Å². The van der Waals surface area contributed by atoms with Gasteiger partial charge in [0.1, 0.15) is 0 Å². The maximum Gasteiger partial charge on any atom is 0.0463 e. The molecule has 1 nitrogen and oxygen atoms in total. The number of methoxy groups -OCH3 is 1. The fourth-order valence-electron chi connectivity index (χ4n) is 0.368. The second-order valence-electron chi connectivity index (χ2n) is 1.85. The molecule has 0 aliphatic rings. The molecule has 0 radical (unpaired) electrons. The first-order valence-corrected chi connectivity index (χ1v) is 2.59. The van der Waals surface area contributed by atoms with Crippen molar-refractivity contribution < 1.29 is 4.74 Å². The first-order valence-electron chi connectivity index (χ1n) is 2.59. The van der Waals surface area contributed by atoms with E-state index in [1.54, 1.807) is 7.11 Å². The number of ether oxygens (including phenoxy) is 1. The summed E-state index contributed by atoms with van der Waals surface area (Å²) in [6.45, 7) is 6.68. The summed E-state index contributed by atoms with van der Waals surface area (Å²) in [6, 6.07) is 0. The predicted molar refractivity (Wildman–Crippen MR) is 37.7 cm³/mol. The molecular weight excluding hydrogens is 367 g/mol. The van der Waals surface area contributed by atoms with E-state index < -0.39 is 0 Å². The minimum absolute atomic E-state index is 0. The summed E-state index contributed by atoms with van der Waals surface area (Å²) < 4.78 is 4.85. The third-order valence-corrected chi connectivity index (χ3v) is 0.944. The van der Waals surface area contributed by atoms with Crippen molar-refractivity contribution in [3.8, 4) is 0 Å². The molecule has 0 saturated heterocycles. The van der Waals surface area contributed by atoms with Gasteiger partial charge >= 0.3 is 0 Å². The number of hydrogen-bond acceptors (Lipinski definition) is 1. The summed E-state index contributed by atoms with van der Waals surface area (Å²) in [7, 11) is 1.71. The average molecular weight is 384 g/mol. The SMILES string of the molecule is C.[CH2-]CC(C)COC.[Rf]. The molecule has 0 aliphatic carbocycles. The van der Waals surface area contributed by atoms with Crippen LogP contribution in [0.15, 0.2) is 0 Å². The van der Waals surface area contributed by atoms with Crippen LogP contribution in [-0.4, -0.2) is 13.7 Å². The third kappa shape index (κ3) is 10.9. The second-order valence-corrected chi connectivity index (χ2v) is 1.85. The first-order chi connectivity index (χ1) is 3.31. The molecule has 9 heavy (non-hydrogen) atoms. The average Bonchev–Trinajstić information content (AvgIpc) is 1.68. The van der Waals surface area contributed by atoms with Crippen molar-refractivity contribution in [2.24, 2.45) is 5.92 Å². The fourth-order valence-corrected chi connectivity index (χ4v) is 0.368. The molecule has 0 bridgehead atoms. The van der Waals surface area contributed by atoms with Crippen LogP contribution in [0.25, 0.3) is 0 Å². The monoisotopic (exact) mass is 384 g/mol. The summed E-state index contributed by atoms with van der Waals surface area (Å²) in [6.07, 6.45) is 0.966. The molecule has 0 saturated carbocycles. The van der Waals surface area contributed by atoms with E-state index in [-0.39, 0.29) is 7.43 Å². The predicted octanol–water partition coefficient (Wildman–Crippen LogP) is 2.13. The Kier molecular flexibility index (Phi) is 17.5. The Bertz CT molecular complexity index is 39.9. The van der Waals surface area contributed by atoms with Gasteiger partial charge in [0.25, 0.3) is 0 Å². The second kappa shape index (κ2) is 10.0. The van der Waals surface area contributed by atoms with Crippen molar-refractivity contribution in [2.45, 2.75) is 20.8 Å². The molecule has 0 spiro atoms. The molecule has 1 unspecified atom stereocenters. The molecule has 0 aliphatic heterocycles. The Labute approximate surface area is 53.0 Å². The Morgan fingerprint density at radius 3 is 2.11 bits per heavy atom. The molecule has 0 aromatic rings. The molecule has 0 heterocycles. The van der Waals surface area contributed by atoms with Gasteiger partial charge in [0, 0.05) is 13.7 Å². The minimum Gasteiger partial charge on any atom is -0.385 e. The Hall–Kier alpha value is -1.04. The zero-order valence-corrected chi connectivity index (χ0v) is 12.2. The van der Waals surface area contributed by atoms with Gasteiger partial charge in [0.15, 0.2) is 0 Å². The third-order valence-electron chi connectivity index (χ3n) is 0.944. The molecule has 0 N–H and O–H groups in total. The van der Waals surface area contributed by atoms with Gasteiger partial charge < -0.3 is 11.7 Å². The normalized spacial score (nSPS) is 11.0.